The number of carbonyl (C=O) groups is 3. The maximum atomic E-state index is 11.1. The molecule has 7 heteroatoms. The number of anilines is 2. The average molecular weight is 1240 g/mol. The number of aryl methyl sites for hydroxylation is 7. The molecule has 0 bridgehead atoms. The van der Waals surface area contributed by atoms with E-state index in [0.717, 1.165) is 39.9 Å². The van der Waals surface area contributed by atoms with Gasteiger partial charge < -0.3 is 20.1 Å². The lowest BCUT2D eigenvalue weighted by Crippen LogP contribution is -2.25. The van der Waals surface area contributed by atoms with Gasteiger partial charge >= 0.3 is 0 Å². The molecule has 0 saturated carbocycles. The smallest absolute Gasteiger partial charge is 0.262 e. The Balaban J connectivity index is 0.000000274. The summed E-state index contributed by atoms with van der Waals surface area (Å²) in [5, 5.41) is 5.64. The van der Waals surface area contributed by atoms with E-state index in [1.807, 2.05) is 36.4 Å². The fourth-order valence-electron chi connectivity index (χ4n) is 11.0. The van der Waals surface area contributed by atoms with Crippen LogP contribution in [0.4, 0.5) is 11.4 Å². The van der Waals surface area contributed by atoms with E-state index in [4.69, 9.17) is 9.47 Å². The van der Waals surface area contributed by atoms with Crippen LogP contribution in [0, 0.1) is 54.4 Å². The zero-order valence-electron chi connectivity index (χ0n) is 60.8. The molecule has 3 aliphatic rings. The number of Topliss-reactive ketones (excluding diaryl/α,β-unsaturated/α-hetero) is 1. The topological polar surface area (TPSA) is 93.7 Å². The number of fused-ring (bicyclic) bond motifs is 3. The minimum atomic E-state index is -0.0848. The van der Waals surface area contributed by atoms with E-state index < -0.39 is 0 Å². The highest BCUT2D eigenvalue weighted by atomic mass is 16.5. The Morgan fingerprint density at radius 1 is 0.385 bits per heavy atom. The molecule has 0 unspecified atom stereocenters. The van der Waals surface area contributed by atoms with Crippen LogP contribution in [0.15, 0.2) is 133 Å². The van der Waals surface area contributed by atoms with Gasteiger partial charge in [0, 0.05) is 17.7 Å². The summed E-state index contributed by atoms with van der Waals surface area (Å²) in [7, 11) is 0. The van der Waals surface area contributed by atoms with Crippen molar-refractivity contribution in [3.8, 4) is 11.5 Å². The molecule has 10 rings (SSSR count). The van der Waals surface area contributed by atoms with Gasteiger partial charge in [0.15, 0.2) is 12.4 Å². The van der Waals surface area contributed by atoms with E-state index in [1.165, 1.54) is 97.2 Å². The van der Waals surface area contributed by atoms with Gasteiger partial charge in [-0.05, 0) is 181 Å². The molecule has 494 valence electrons. The molecule has 7 nitrogen and oxygen atoms in total. The highest BCUT2D eigenvalue weighted by Crippen LogP contribution is 2.32. The van der Waals surface area contributed by atoms with Crippen LogP contribution in [0.5, 0.6) is 11.5 Å². The van der Waals surface area contributed by atoms with Crippen molar-refractivity contribution in [2.75, 3.05) is 23.8 Å². The Hall–Kier alpha value is -7.25. The van der Waals surface area contributed by atoms with Gasteiger partial charge in [-0.3, -0.25) is 14.4 Å². The number of hydrogen-bond donors (Lipinski definition) is 2. The number of amides is 2. The number of ether oxygens (including phenoxy) is 2. The van der Waals surface area contributed by atoms with Crippen LogP contribution in [-0.2, 0) is 27.2 Å². The van der Waals surface area contributed by atoms with Crippen LogP contribution in [0.25, 0.3) is 0 Å². The lowest BCUT2D eigenvalue weighted by atomic mass is 9.92. The maximum absolute atomic E-state index is 11.1. The van der Waals surface area contributed by atoms with Gasteiger partial charge in [-0.1, -0.05) is 268 Å². The van der Waals surface area contributed by atoms with Gasteiger partial charge in [-0.25, -0.2) is 0 Å². The fraction of sp³-hybridized carbons (Fsp3) is 0.464. The van der Waals surface area contributed by atoms with Crippen LogP contribution in [0.2, 0.25) is 0 Å². The minimum Gasteiger partial charge on any atom is -0.486 e. The van der Waals surface area contributed by atoms with E-state index in [2.05, 4.69) is 274 Å². The Kier molecular flexibility index (Phi) is 33.6. The van der Waals surface area contributed by atoms with E-state index >= 15 is 0 Å². The molecule has 0 atom stereocenters. The number of ketones is 1. The molecule has 2 N–H and O–H groups in total. The molecule has 3 heterocycles. The summed E-state index contributed by atoms with van der Waals surface area (Å²) in [6.07, 6.45) is 5.20. The third kappa shape index (κ3) is 28.0. The molecule has 7 aromatic carbocycles. The molecule has 0 radical (unpaired) electrons. The van der Waals surface area contributed by atoms with Gasteiger partial charge in [0.25, 0.3) is 5.91 Å². The van der Waals surface area contributed by atoms with E-state index in [-0.39, 0.29) is 30.8 Å². The van der Waals surface area contributed by atoms with E-state index in [1.54, 1.807) is 0 Å². The Labute approximate surface area is 553 Å². The molecule has 0 aliphatic carbocycles. The Morgan fingerprint density at radius 2 is 0.868 bits per heavy atom. The first-order chi connectivity index (χ1) is 42.8. The van der Waals surface area contributed by atoms with Crippen LogP contribution in [0.1, 0.15) is 267 Å². The number of rotatable bonds is 10. The summed E-state index contributed by atoms with van der Waals surface area (Å²) in [4.78, 5) is 33.3. The molecule has 0 fully saturated rings. The molecule has 7 aromatic rings. The predicted molar refractivity (Wildman–Crippen MR) is 392 cm³/mol. The van der Waals surface area contributed by atoms with E-state index in [0.29, 0.717) is 54.3 Å². The van der Waals surface area contributed by atoms with Crippen LogP contribution in [0.3, 0.4) is 0 Å². The SMILES string of the molecule is CC(C)c1ccc2c(c1)NC(=O)C2.CC(C)c1ccc2c(c1)NC(=O)CO2.CC(C)c1ccc2c(c1)OCC(=O)C2.CCCCC(C)C.Cc1cc(C)c(C(C)C)c(C)c1.Cc1cc(C)cc(C(C)C)c1.Cc1cccc(C(C)C)c1.Cc1ccccc1C(C)C. The number of hydrogen-bond acceptors (Lipinski definition) is 5. The van der Waals surface area contributed by atoms with Gasteiger partial charge in [0.2, 0.25) is 5.91 Å². The molecule has 0 spiro atoms. The Morgan fingerprint density at radius 3 is 1.35 bits per heavy atom. The summed E-state index contributed by atoms with van der Waals surface area (Å²) in [6.45, 7) is 53.0. The number of carbonyl (C=O) groups excluding carboxylic acids is 3. The predicted octanol–water partition coefficient (Wildman–Crippen LogP) is 23.0. The lowest BCUT2D eigenvalue weighted by molar-refractivity contribution is -0.121. The first-order valence-corrected chi connectivity index (χ1v) is 33.8. The van der Waals surface area contributed by atoms with Crippen molar-refractivity contribution >= 4 is 29.0 Å². The van der Waals surface area contributed by atoms with Crippen LogP contribution in [-0.4, -0.2) is 30.8 Å². The summed E-state index contributed by atoms with van der Waals surface area (Å²) < 4.78 is 10.6. The third-order valence-corrected chi connectivity index (χ3v) is 16.1. The van der Waals surface area contributed by atoms with Crippen molar-refractivity contribution in [1.29, 1.82) is 0 Å². The molecule has 91 heavy (non-hydrogen) atoms. The molecular formula is C84H118N2O5. The average Bonchev–Trinajstić information content (AvgIpc) is 1.98. The van der Waals surface area contributed by atoms with Gasteiger partial charge in [-0.15, -0.1) is 0 Å². The second-order valence-corrected chi connectivity index (χ2v) is 27.7. The van der Waals surface area contributed by atoms with Crippen molar-refractivity contribution in [2.24, 2.45) is 5.92 Å². The highest BCUT2D eigenvalue weighted by Gasteiger charge is 2.20. The zero-order chi connectivity index (χ0) is 68.2. The zero-order valence-corrected chi connectivity index (χ0v) is 60.8. The normalized spacial score (nSPS) is 12.5. The Bertz CT molecular complexity index is 3330. The summed E-state index contributed by atoms with van der Waals surface area (Å²) in [5.74, 6) is 6.80. The van der Waals surface area contributed by atoms with Gasteiger partial charge in [0.05, 0.1) is 12.1 Å². The second kappa shape index (κ2) is 39.2. The summed E-state index contributed by atoms with van der Waals surface area (Å²) in [5.41, 5.74) is 23.2. The quantitative estimate of drug-likeness (QED) is 0.142. The van der Waals surface area contributed by atoms with Crippen LogP contribution < -0.4 is 20.1 Å². The summed E-state index contributed by atoms with van der Waals surface area (Å²) in [6, 6.07) is 46.7. The molecular weight excluding hydrogens is 1120 g/mol. The first-order valence-electron chi connectivity index (χ1n) is 33.8. The van der Waals surface area contributed by atoms with Crippen molar-refractivity contribution in [1.82, 2.24) is 0 Å². The van der Waals surface area contributed by atoms with E-state index in [9.17, 15) is 14.4 Å². The molecule has 0 aromatic heterocycles. The molecule has 3 aliphatic heterocycles. The number of benzene rings is 7. The van der Waals surface area contributed by atoms with Gasteiger partial charge in [0.1, 0.15) is 18.1 Å². The second-order valence-electron chi connectivity index (χ2n) is 27.7. The van der Waals surface area contributed by atoms with Gasteiger partial charge in [-0.2, -0.15) is 0 Å². The maximum Gasteiger partial charge on any atom is 0.262 e. The first kappa shape index (κ1) is 78.0. The van der Waals surface area contributed by atoms with Crippen molar-refractivity contribution in [2.45, 2.75) is 240 Å². The summed E-state index contributed by atoms with van der Waals surface area (Å²) >= 11 is 0. The monoisotopic (exact) mass is 1230 g/mol. The van der Waals surface area contributed by atoms with Crippen molar-refractivity contribution < 1.29 is 23.9 Å². The van der Waals surface area contributed by atoms with Crippen molar-refractivity contribution in [3.63, 3.8) is 0 Å². The fourth-order valence-corrected chi connectivity index (χ4v) is 11.0. The minimum absolute atomic E-state index is 0.0848. The number of nitrogens with one attached hydrogen (secondary N) is 2. The molecule has 2 amide bonds. The highest BCUT2D eigenvalue weighted by molar-refractivity contribution is 5.99. The lowest BCUT2D eigenvalue weighted by Gasteiger charge is -2.19. The van der Waals surface area contributed by atoms with Crippen molar-refractivity contribution in [3.05, 3.63) is 222 Å². The third-order valence-electron chi connectivity index (χ3n) is 16.1. The largest absolute Gasteiger partial charge is 0.486 e. The van der Waals surface area contributed by atoms with Crippen LogP contribution >= 0.6 is 0 Å². The number of unbranched alkanes of at least 4 members (excludes halogenated alkanes) is 1. The molecule has 0 saturated heterocycles. The standard InChI is InChI=1S/C12H14O2.C12H18.C11H13NO2.C11H13NO.C11H16.2C10H14.C7H16/c1-8(2)9-3-4-10-5-11(13)7-14-12(10)6-9;1-8(2)12-10(4)6-9(3)7-11(12)5;1-7(2)8-3-4-10-9(5-8)12-11(13)6-14-10;1-7(2)8-3-4-9-6-11(13)12-10(9)5-8;1-8(2)11-6-9(3)5-10(4)7-11;1-8(2)10-6-4-5-9(3)7-10;1-8(2)10-7-5-4-6-9(10)3;1-4-5-6-7(2)3/h3-4,6,8H,5,7H2,1-2H3;6-8H,1-5H3;3-5,7H,6H2,1-2H3,(H,12,13);3-5,7H,6H2,1-2H3,(H,12,13);5-8H,1-4H3;2*4-8H,1-3H3;7H,4-6H2,1-3H3.